The summed E-state index contributed by atoms with van der Waals surface area (Å²) in [5, 5.41) is 0. The Kier molecular flexibility index (Phi) is 2.29. The topological polar surface area (TPSA) is 114 Å². The molecule has 0 radical (unpaired) electrons. The molecule has 0 saturated heterocycles. The molecule has 1 aromatic rings. The van der Waals surface area contributed by atoms with Gasteiger partial charge in [-0.2, -0.15) is 0 Å². The molecule has 3 rings (SSSR count). The number of hydrogen-bond acceptors (Lipinski definition) is 4. The highest BCUT2D eigenvalue weighted by molar-refractivity contribution is 7.89. The number of carbonyl (C=O) groups is 1. The first-order valence-electron chi connectivity index (χ1n) is 5.28. The Bertz CT molecular complexity index is 768. The molecule has 1 aliphatic carbocycles. The van der Waals surface area contributed by atoms with E-state index in [0.29, 0.717) is 11.3 Å². The lowest BCUT2D eigenvalue weighted by molar-refractivity contribution is 0.0993. The zero-order valence-electron chi connectivity index (χ0n) is 9.51. The van der Waals surface area contributed by atoms with Gasteiger partial charge in [-0.25, -0.2) is 8.42 Å². The number of carbonyl (C=O) groups excluding carboxylic acids is 1. The van der Waals surface area contributed by atoms with Crippen molar-refractivity contribution in [3.8, 4) is 5.75 Å². The summed E-state index contributed by atoms with van der Waals surface area (Å²) < 4.78 is 32.1. The molecule has 1 aromatic heterocycles. The van der Waals surface area contributed by atoms with E-state index in [1.165, 1.54) is 12.5 Å². The van der Waals surface area contributed by atoms with Crippen molar-refractivity contribution in [2.75, 3.05) is 0 Å². The SMILES string of the molecule is NC(=O)c1[nH]cc2c1O/C=C1/C=CC=C1NS2(=O)=O. The summed E-state index contributed by atoms with van der Waals surface area (Å²) in [5.74, 6) is -0.903. The van der Waals surface area contributed by atoms with Crippen molar-refractivity contribution in [1.82, 2.24) is 9.71 Å². The van der Waals surface area contributed by atoms with E-state index in [-0.39, 0.29) is 16.3 Å². The molecule has 0 aromatic carbocycles. The Morgan fingerprint density at radius 2 is 2.16 bits per heavy atom. The summed E-state index contributed by atoms with van der Waals surface area (Å²) in [5.41, 5.74) is 6.04. The van der Waals surface area contributed by atoms with Gasteiger partial charge in [-0.3, -0.25) is 9.52 Å². The van der Waals surface area contributed by atoms with E-state index in [1.807, 2.05) is 0 Å². The number of sulfonamides is 1. The number of amides is 1. The zero-order valence-corrected chi connectivity index (χ0v) is 10.3. The minimum absolute atomic E-state index is 0.0911. The number of allylic oxidation sites excluding steroid dienone is 3. The highest BCUT2D eigenvalue weighted by Gasteiger charge is 2.29. The van der Waals surface area contributed by atoms with Gasteiger partial charge in [-0.05, 0) is 12.2 Å². The summed E-state index contributed by atoms with van der Waals surface area (Å²) in [6, 6.07) is 0. The Balaban J connectivity index is 2.22. The van der Waals surface area contributed by atoms with Crippen molar-refractivity contribution in [3.05, 3.63) is 47.7 Å². The smallest absolute Gasteiger partial charge is 0.269 e. The molecule has 0 fully saturated rings. The predicted molar refractivity (Wildman–Crippen MR) is 65.6 cm³/mol. The molecule has 0 unspecified atom stereocenters. The lowest BCUT2D eigenvalue weighted by Crippen LogP contribution is -2.25. The van der Waals surface area contributed by atoms with Crippen LogP contribution in [0.5, 0.6) is 5.75 Å². The van der Waals surface area contributed by atoms with Crippen LogP contribution in [-0.2, 0) is 10.0 Å². The van der Waals surface area contributed by atoms with Crippen LogP contribution in [0.4, 0.5) is 0 Å². The normalized spacial score (nSPS) is 21.7. The van der Waals surface area contributed by atoms with Crippen LogP contribution in [0, 0.1) is 0 Å². The monoisotopic (exact) mass is 279 g/mol. The number of rotatable bonds is 1. The molecule has 8 heteroatoms. The van der Waals surface area contributed by atoms with E-state index >= 15 is 0 Å². The highest BCUT2D eigenvalue weighted by atomic mass is 32.2. The van der Waals surface area contributed by atoms with Crippen LogP contribution in [0.25, 0.3) is 0 Å². The first-order valence-corrected chi connectivity index (χ1v) is 6.77. The van der Waals surface area contributed by atoms with Gasteiger partial charge < -0.3 is 15.5 Å². The van der Waals surface area contributed by atoms with Crippen molar-refractivity contribution in [2.45, 2.75) is 4.90 Å². The molecule has 1 amide bonds. The summed E-state index contributed by atoms with van der Waals surface area (Å²) in [6.45, 7) is 0. The number of aromatic nitrogens is 1. The first kappa shape index (κ1) is 11.6. The Morgan fingerprint density at radius 1 is 1.37 bits per heavy atom. The van der Waals surface area contributed by atoms with Crippen LogP contribution in [0.1, 0.15) is 10.5 Å². The van der Waals surface area contributed by atoms with E-state index in [0.717, 1.165) is 0 Å². The summed E-state index contributed by atoms with van der Waals surface area (Å²) in [6.07, 6.45) is 7.50. The Hall–Kier alpha value is -2.48. The average Bonchev–Trinajstić information content (AvgIpc) is 2.90. The fourth-order valence-electron chi connectivity index (χ4n) is 1.84. The van der Waals surface area contributed by atoms with Crippen molar-refractivity contribution < 1.29 is 17.9 Å². The quantitative estimate of drug-likeness (QED) is 0.677. The molecule has 2 aliphatic rings. The summed E-state index contributed by atoms with van der Waals surface area (Å²) in [7, 11) is -3.83. The van der Waals surface area contributed by atoms with Crippen LogP contribution in [-0.4, -0.2) is 19.3 Å². The number of ether oxygens (including phenoxy) is 1. The fourth-order valence-corrected chi connectivity index (χ4v) is 3.04. The molecule has 4 N–H and O–H groups in total. The lowest BCUT2D eigenvalue weighted by Gasteiger charge is -2.14. The van der Waals surface area contributed by atoms with Crippen LogP contribution >= 0.6 is 0 Å². The third-order valence-electron chi connectivity index (χ3n) is 2.73. The van der Waals surface area contributed by atoms with E-state index < -0.39 is 15.9 Å². The van der Waals surface area contributed by atoms with Gasteiger partial charge in [-0.15, -0.1) is 0 Å². The molecule has 0 atom stereocenters. The number of H-pyrrole nitrogens is 1. The van der Waals surface area contributed by atoms with Gasteiger partial charge in [0, 0.05) is 11.8 Å². The number of fused-ring (bicyclic) bond motifs is 2. The van der Waals surface area contributed by atoms with Gasteiger partial charge in [0.25, 0.3) is 15.9 Å². The second-order valence-electron chi connectivity index (χ2n) is 3.96. The third kappa shape index (κ3) is 1.73. The van der Waals surface area contributed by atoms with Crippen molar-refractivity contribution >= 4 is 15.9 Å². The average molecular weight is 279 g/mol. The number of primary amides is 1. The van der Waals surface area contributed by atoms with Gasteiger partial charge in [-0.1, -0.05) is 6.08 Å². The van der Waals surface area contributed by atoms with E-state index in [9.17, 15) is 13.2 Å². The molecule has 19 heavy (non-hydrogen) atoms. The predicted octanol–water partition coefficient (Wildman–Crippen LogP) is 0.122. The maximum Gasteiger partial charge on any atom is 0.269 e. The van der Waals surface area contributed by atoms with Crippen LogP contribution in [0.15, 0.2) is 46.9 Å². The number of nitrogens with two attached hydrogens (primary N) is 1. The van der Waals surface area contributed by atoms with Gasteiger partial charge in [0.15, 0.2) is 5.75 Å². The number of aromatic amines is 1. The molecule has 7 nitrogen and oxygen atoms in total. The standard InChI is InChI=1S/C11H9N3O4S/c12-11(15)9-10-8(4-13-9)19(16,17)14-7-3-1-2-6(7)5-18-10/h1-5,13-14H,(H2,12,15)/b6-5-. The van der Waals surface area contributed by atoms with Gasteiger partial charge in [0.1, 0.15) is 16.9 Å². The molecule has 98 valence electrons. The van der Waals surface area contributed by atoms with Crippen LogP contribution in [0.2, 0.25) is 0 Å². The molecular formula is C11H9N3O4S. The first-order chi connectivity index (χ1) is 8.99. The van der Waals surface area contributed by atoms with Gasteiger partial charge in [0.2, 0.25) is 0 Å². The Morgan fingerprint density at radius 3 is 2.89 bits per heavy atom. The number of nitrogens with one attached hydrogen (secondary N) is 2. The van der Waals surface area contributed by atoms with Gasteiger partial charge in [0.05, 0.1) is 5.70 Å². The zero-order chi connectivity index (χ0) is 13.6. The van der Waals surface area contributed by atoms with Crippen molar-refractivity contribution in [3.63, 3.8) is 0 Å². The second kappa shape index (κ2) is 3.75. The molecule has 0 bridgehead atoms. The summed E-state index contributed by atoms with van der Waals surface area (Å²) in [4.78, 5) is 13.6. The van der Waals surface area contributed by atoms with Crippen LogP contribution < -0.4 is 15.2 Å². The maximum absolute atomic E-state index is 12.2. The lowest BCUT2D eigenvalue weighted by atomic mass is 10.3. The minimum Gasteiger partial charge on any atom is -0.460 e. The molecule has 1 aliphatic heterocycles. The van der Waals surface area contributed by atoms with E-state index in [2.05, 4.69) is 9.71 Å². The fraction of sp³-hybridized carbons (Fsp3) is 0. The van der Waals surface area contributed by atoms with Crippen molar-refractivity contribution in [1.29, 1.82) is 0 Å². The molecule has 0 spiro atoms. The third-order valence-corrected chi connectivity index (χ3v) is 4.10. The molecular weight excluding hydrogens is 270 g/mol. The molecule has 2 heterocycles. The van der Waals surface area contributed by atoms with Crippen molar-refractivity contribution in [2.24, 2.45) is 5.73 Å². The summed E-state index contributed by atoms with van der Waals surface area (Å²) >= 11 is 0. The number of hydrogen-bond donors (Lipinski definition) is 3. The van der Waals surface area contributed by atoms with Gasteiger partial charge >= 0.3 is 0 Å². The minimum atomic E-state index is -3.83. The maximum atomic E-state index is 12.2. The largest absolute Gasteiger partial charge is 0.460 e. The van der Waals surface area contributed by atoms with Crippen LogP contribution in [0.3, 0.4) is 0 Å². The second-order valence-corrected chi connectivity index (χ2v) is 5.61. The van der Waals surface area contributed by atoms with E-state index in [4.69, 9.17) is 10.5 Å². The molecule has 0 saturated carbocycles. The van der Waals surface area contributed by atoms with E-state index in [1.54, 1.807) is 18.2 Å². The highest BCUT2D eigenvalue weighted by Crippen LogP contribution is 2.32. The Labute approximate surface area is 108 Å².